The van der Waals surface area contributed by atoms with E-state index in [9.17, 15) is 13.2 Å². The summed E-state index contributed by atoms with van der Waals surface area (Å²) in [6, 6.07) is 4.18. The second-order valence-electron chi connectivity index (χ2n) is 3.94. The normalized spacial score (nSPS) is 11.8. The third-order valence-electron chi connectivity index (χ3n) is 2.63. The van der Waals surface area contributed by atoms with Crippen LogP contribution >= 0.6 is 22.6 Å². The van der Waals surface area contributed by atoms with Gasteiger partial charge in [0.05, 0.1) is 10.5 Å². The van der Waals surface area contributed by atoms with Crippen LogP contribution in [0.15, 0.2) is 23.1 Å². The Morgan fingerprint density at radius 3 is 2.47 bits per heavy atom. The fourth-order valence-electron chi connectivity index (χ4n) is 1.68. The number of carbonyl (C=O) groups is 1. The molecule has 106 valence electrons. The van der Waals surface area contributed by atoms with E-state index in [2.05, 4.69) is 0 Å². The lowest BCUT2D eigenvalue weighted by atomic mass is 10.2. The number of sulfonamides is 1. The van der Waals surface area contributed by atoms with E-state index in [1.165, 1.54) is 22.5 Å². The van der Waals surface area contributed by atoms with Gasteiger partial charge in [-0.15, -0.1) is 0 Å². The van der Waals surface area contributed by atoms with Gasteiger partial charge in [-0.25, -0.2) is 13.2 Å². The van der Waals surface area contributed by atoms with Gasteiger partial charge >= 0.3 is 5.97 Å². The first kappa shape index (κ1) is 16.4. The van der Waals surface area contributed by atoms with Crippen molar-refractivity contribution in [1.82, 2.24) is 4.31 Å². The molecule has 0 aromatic heterocycles. The first-order chi connectivity index (χ1) is 8.84. The van der Waals surface area contributed by atoms with Crippen molar-refractivity contribution >= 4 is 38.6 Å². The molecule has 1 aromatic carbocycles. The molecule has 1 rings (SSSR count). The van der Waals surface area contributed by atoms with E-state index in [4.69, 9.17) is 5.11 Å². The highest BCUT2D eigenvalue weighted by Crippen LogP contribution is 2.21. The smallest absolute Gasteiger partial charge is 0.336 e. The highest BCUT2D eigenvalue weighted by molar-refractivity contribution is 14.1. The molecule has 1 N–H and O–H groups in total. The van der Waals surface area contributed by atoms with Crippen molar-refractivity contribution in [1.29, 1.82) is 0 Å². The molecule has 0 aliphatic heterocycles. The molecule has 19 heavy (non-hydrogen) atoms. The summed E-state index contributed by atoms with van der Waals surface area (Å²) in [7, 11) is -3.62. The molecule has 0 heterocycles. The van der Waals surface area contributed by atoms with Crippen molar-refractivity contribution in [2.24, 2.45) is 0 Å². The summed E-state index contributed by atoms with van der Waals surface area (Å²) in [6.07, 6.45) is 0.712. The van der Waals surface area contributed by atoms with Crippen molar-refractivity contribution in [3.05, 3.63) is 27.3 Å². The number of aromatic carboxylic acids is 1. The average molecular weight is 397 g/mol. The minimum Gasteiger partial charge on any atom is -0.478 e. The van der Waals surface area contributed by atoms with Gasteiger partial charge in [0, 0.05) is 16.7 Å². The van der Waals surface area contributed by atoms with E-state index in [1.54, 1.807) is 6.92 Å². The molecule has 0 aliphatic carbocycles. The Hall–Kier alpha value is -0.670. The fourth-order valence-corrected chi connectivity index (χ4v) is 3.81. The van der Waals surface area contributed by atoms with Gasteiger partial charge in [-0.1, -0.05) is 13.8 Å². The molecule has 0 saturated heterocycles. The second kappa shape index (κ2) is 6.67. The van der Waals surface area contributed by atoms with Gasteiger partial charge in [-0.2, -0.15) is 4.31 Å². The lowest BCUT2D eigenvalue weighted by molar-refractivity contribution is 0.0695. The molecule has 0 atom stereocenters. The standard InChI is InChI=1S/C12H16INO4S/c1-3-7-14(4-2)19(17,18)9-5-6-11(13)10(8-9)12(15)16/h5-6,8H,3-4,7H2,1-2H3,(H,15,16). The summed E-state index contributed by atoms with van der Waals surface area (Å²) in [5.41, 5.74) is 0.00854. The first-order valence-electron chi connectivity index (χ1n) is 5.87. The quantitative estimate of drug-likeness (QED) is 0.749. The maximum Gasteiger partial charge on any atom is 0.336 e. The molecule has 0 aliphatic rings. The van der Waals surface area contributed by atoms with Crippen LogP contribution in [0.25, 0.3) is 0 Å². The van der Waals surface area contributed by atoms with Gasteiger partial charge in [-0.05, 0) is 47.2 Å². The largest absolute Gasteiger partial charge is 0.478 e. The van der Waals surface area contributed by atoms with Crippen LogP contribution in [0.3, 0.4) is 0 Å². The van der Waals surface area contributed by atoms with Gasteiger partial charge in [0.1, 0.15) is 0 Å². The second-order valence-corrected chi connectivity index (χ2v) is 7.04. The van der Waals surface area contributed by atoms with Crippen molar-refractivity contribution in [2.45, 2.75) is 25.2 Å². The first-order valence-corrected chi connectivity index (χ1v) is 8.39. The Morgan fingerprint density at radius 1 is 1.37 bits per heavy atom. The zero-order chi connectivity index (χ0) is 14.6. The van der Waals surface area contributed by atoms with E-state index in [0.29, 0.717) is 23.1 Å². The molecular formula is C12H16INO4S. The molecule has 1 aromatic rings. The molecule has 0 saturated carbocycles. The Bertz CT molecular complexity index is 571. The van der Waals surface area contributed by atoms with Crippen LogP contribution in [0, 0.1) is 3.57 Å². The minimum atomic E-state index is -3.62. The summed E-state index contributed by atoms with van der Waals surface area (Å²) >= 11 is 1.87. The number of carboxylic acid groups (broad SMARTS) is 1. The Labute approximate surface area is 126 Å². The van der Waals surface area contributed by atoms with Gasteiger partial charge in [0.15, 0.2) is 0 Å². The molecule has 7 heteroatoms. The van der Waals surface area contributed by atoms with Crippen molar-refractivity contribution in [3.63, 3.8) is 0 Å². The summed E-state index contributed by atoms with van der Waals surface area (Å²) in [5.74, 6) is -1.13. The van der Waals surface area contributed by atoms with E-state index in [1.807, 2.05) is 29.5 Å². The van der Waals surface area contributed by atoms with E-state index in [-0.39, 0.29) is 10.5 Å². The average Bonchev–Trinajstić information content (AvgIpc) is 2.35. The van der Waals surface area contributed by atoms with Crippen LogP contribution in [-0.2, 0) is 10.0 Å². The van der Waals surface area contributed by atoms with Crippen LogP contribution in [0.5, 0.6) is 0 Å². The van der Waals surface area contributed by atoms with Crippen molar-refractivity contribution in [2.75, 3.05) is 13.1 Å². The SMILES string of the molecule is CCCN(CC)S(=O)(=O)c1ccc(I)c(C(=O)O)c1. The van der Waals surface area contributed by atoms with Gasteiger partial charge < -0.3 is 5.11 Å². The van der Waals surface area contributed by atoms with E-state index >= 15 is 0 Å². The zero-order valence-corrected chi connectivity index (χ0v) is 13.7. The maximum atomic E-state index is 12.4. The fraction of sp³-hybridized carbons (Fsp3) is 0.417. The number of hydrogen-bond donors (Lipinski definition) is 1. The topological polar surface area (TPSA) is 74.7 Å². The van der Waals surface area contributed by atoms with Crippen LogP contribution in [0.1, 0.15) is 30.6 Å². The third-order valence-corrected chi connectivity index (χ3v) is 5.54. The van der Waals surface area contributed by atoms with Crippen LogP contribution in [0.4, 0.5) is 0 Å². The number of rotatable bonds is 6. The highest BCUT2D eigenvalue weighted by Gasteiger charge is 2.24. The lowest BCUT2D eigenvalue weighted by Gasteiger charge is -2.20. The summed E-state index contributed by atoms with van der Waals surface area (Å²) in [4.78, 5) is 11.1. The molecule has 0 unspecified atom stereocenters. The number of carboxylic acids is 1. The van der Waals surface area contributed by atoms with Crippen LogP contribution in [-0.4, -0.2) is 36.9 Å². The Morgan fingerprint density at radius 2 is 2.00 bits per heavy atom. The molecule has 0 amide bonds. The van der Waals surface area contributed by atoms with Crippen molar-refractivity contribution < 1.29 is 18.3 Å². The van der Waals surface area contributed by atoms with E-state index < -0.39 is 16.0 Å². The van der Waals surface area contributed by atoms with Gasteiger partial charge in [0.25, 0.3) is 0 Å². The number of hydrogen-bond acceptors (Lipinski definition) is 3. The van der Waals surface area contributed by atoms with E-state index in [0.717, 1.165) is 0 Å². The van der Waals surface area contributed by atoms with Gasteiger partial charge in [-0.3, -0.25) is 0 Å². The highest BCUT2D eigenvalue weighted by atomic mass is 127. The molecule has 0 fully saturated rings. The molecule has 5 nitrogen and oxygen atoms in total. The minimum absolute atomic E-state index is 0.00854. The maximum absolute atomic E-state index is 12.4. The molecular weight excluding hydrogens is 381 g/mol. The number of nitrogens with zero attached hydrogens (tertiary/aromatic N) is 1. The Balaban J connectivity index is 3.29. The van der Waals surface area contributed by atoms with Crippen LogP contribution in [0.2, 0.25) is 0 Å². The predicted molar refractivity (Wildman–Crippen MR) is 80.8 cm³/mol. The van der Waals surface area contributed by atoms with Crippen LogP contribution < -0.4 is 0 Å². The summed E-state index contributed by atoms with van der Waals surface area (Å²) in [5, 5.41) is 9.04. The third kappa shape index (κ3) is 3.67. The molecule has 0 bridgehead atoms. The summed E-state index contributed by atoms with van der Waals surface area (Å²) in [6.45, 7) is 4.45. The predicted octanol–water partition coefficient (Wildman–Crippen LogP) is 2.41. The monoisotopic (exact) mass is 397 g/mol. The Kier molecular flexibility index (Phi) is 5.75. The number of benzene rings is 1. The summed E-state index contributed by atoms with van der Waals surface area (Å²) < 4.78 is 26.6. The molecule has 0 radical (unpaired) electrons. The molecule has 0 spiro atoms. The number of halogens is 1. The van der Waals surface area contributed by atoms with Crippen molar-refractivity contribution in [3.8, 4) is 0 Å². The van der Waals surface area contributed by atoms with Gasteiger partial charge in [0.2, 0.25) is 10.0 Å². The zero-order valence-electron chi connectivity index (χ0n) is 10.8. The lowest BCUT2D eigenvalue weighted by Crippen LogP contribution is -2.31.